The zero-order valence-corrected chi connectivity index (χ0v) is 15.6. The van der Waals surface area contributed by atoms with Gasteiger partial charge < -0.3 is 5.32 Å². The molecule has 0 bridgehead atoms. The van der Waals surface area contributed by atoms with Crippen LogP contribution in [0.2, 0.25) is 0 Å². The van der Waals surface area contributed by atoms with Crippen molar-refractivity contribution < 1.29 is 18.0 Å². The summed E-state index contributed by atoms with van der Waals surface area (Å²) in [6.07, 6.45) is 1.95. The van der Waals surface area contributed by atoms with Gasteiger partial charge in [-0.2, -0.15) is 13.2 Å². The predicted molar refractivity (Wildman–Crippen MR) is 96.9 cm³/mol. The van der Waals surface area contributed by atoms with Gasteiger partial charge >= 0.3 is 6.18 Å². The predicted octanol–water partition coefficient (Wildman–Crippen LogP) is 6.32. The van der Waals surface area contributed by atoms with E-state index in [-0.39, 0.29) is 11.6 Å². The lowest BCUT2D eigenvalue weighted by Crippen LogP contribution is -2.38. The van der Waals surface area contributed by atoms with Gasteiger partial charge in [0, 0.05) is 10.3 Å². The fraction of sp³-hybridized carbons (Fsp3) is 0.632. The van der Waals surface area contributed by atoms with Crippen molar-refractivity contribution in [1.29, 1.82) is 0 Å². The van der Waals surface area contributed by atoms with E-state index in [1.807, 2.05) is 0 Å². The highest BCUT2D eigenvalue weighted by Gasteiger charge is 2.39. The average Bonchev–Trinajstić information content (AvgIpc) is 2.54. The first-order chi connectivity index (χ1) is 11.6. The molecule has 1 saturated carbocycles. The second kappa shape index (κ2) is 8.02. The van der Waals surface area contributed by atoms with Crippen molar-refractivity contribution in [3.05, 3.63) is 23.8 Å². The SMILES string of the molecule is CC(C)CCC1(C(=O)Nc2cc(C(F)(F)F)ccc2S)CCCCC1. The first-order valence-electron chi connectivity index (χ1n) is 8.86. The van der Waals surface area contributed by atoms with Crippen LogP contribution in [0.5, 0.6) is 0 Å². The van der Waals surface area contributed by atoms with Gasteiger partial charge in [0.25, 0.3) is 0 Å². The first kappa shape index (κ1) is 20.1. The van der Waals surface area contributed by atoms with Gasteiger partial charge in [0.15, 0.2) is 0 Å². The molecule has 1 aromatic carbocycles. The van der Waals surface area contributed by atoms with E-state index in [9.17, 15) is 18.0 Å². The van der Waals surface area contributed by atoms with Crippen molar-refractivity contribution in [3.8, 4) is 0 Å². The minimum atomic E-state index is -4.44. The molecule has 0 atom stereocenters. The number of anilines is 1. The molecule has 0 radical (unpaired) electrons. The Bertz CT molecular complexity index is 607. The summed E-state index contributed by atoms with van der Waals surface area (Å²) < 4.78 is 38.8. The van der Waals surface area contributed by atoms with Gasteiger partial charge in [0.2, 0.25) is 5.91 Å². The number of halogens is 3. The number of alkyl halides is 3. The molecule has 1 N–H and O–H groups in total. The quantitative estimate of drug-likeness (QED) is 0.581. The molecule has 0 aliphatic heterocycles. The topological polar surface area (TPSA) is 29.1 Å². The van der Waals surface area contributed by atoms with Crippen LogP contribution in [0.4, 0.5) is 18.9 Å². The van der Waals surface area contributed by atoms with Crippen LogP contribution in [0.25, 0.3) is 0 Å². The molecule has 1 aliphatic rings. The number of carbonyl (C=O) groups excluding carboxylic acids is 1. The van der Waals surface area contributed by atoms with Crippen molar-refractivity contribution in [1.82, 2.24) is 0 Å². The highest BCUT2D eigenvalue weighted by molar-refractivity contribution is 7.80. The zero-order valence-electron chi connectivity index (χ0n) is 14.7. The maximum Gasteiger partial charge on any atom is 0.416 e. The standard InChI is InChI=1S/C19H26F3NOS/c1-13(2)8-11-18(9-4-3-5-10-18)17(24)23-15-12-14(19(20,21)22)6-7-16(15)25/h6-7,12-13,25H,3-5,8-11H2,1-2H3,(H,23,24). The van der Waals surface area contributed by atoms with Gasteiger partial charge in [-0.1, -0.05) is 33.1 Å². The maximum absolute atomic E-state index is 13.0. The number of hydrogen-bond acceptors (Lipinski definition) is 2. The van der Waals surface area contributed by atoms with E-state index in [0.717, 1.165) is 57.1 Å². The molecule has 1 aliphatic carbocycles. The lowest BCUT2D eigenvalue weighted by molar-refractivity contribution is -0.137. The number of rotatable bonds is 5. The molecule has 25 heavy (non-hydrogen) atoms. The highest BCUT2D eigenvalue weighted by Crippen LogP contribution is 2.43. The summed E-state index contributed by atoms with van der Waals surface area (Å²) in [5.41, 5.74) is -1.12. The largest absolute Gasteiger partial charge is 0.416 e. The molecule has 2 rings (SSSR count). The van der Waals surface area contributed by atoms with Crippen molar-refractivity contribution in [2.24, 2.45) is 11.3 Å². The summed E-state index contributed by atoms with van der Waals surface area (Å²) in [6, 6.07) is 3.23. The fourth-order valence-electron chi connectivity index (χ4n) is 3.45. The molecule has 2 nitrogen and oxygen atoms in total. The van der Waals surface area contributed by atoms with E-state index in [0.29, 0.717) is 10.8 Å². The summed E-state index contributed by atoms with van der Waals surface area (Å²) in [6.45, 7) is 4.24. The van der Waals surface area contributed by atoms with Crippen molar-refractivity contribution in [2.45, 2.75) is 69.9 Å². The third-order valence-corrected chi connectivity index (χ3v) is 5.45. The normalized spacial score (nSPS) is 17.6. The molecule has 6 heteroatoms. The minimum absolute atomic E-state index is 0.137. The third-order valence-electron chi connectivity index (χ3n) is 5.06. The first-order valence-corrected chi connectivity index (χ1v) is 9.30. The monoisotopic (exact) mass is 373 g/mol. The summed E-state index contributed by atoms with van der Waals surface area (Å²) in [4.78, 5) is 13.3. The number of amides is 1. The zero-order chi connectivity index (χ0) is 18.7. The Morgan fingerprint density at radius 2 is 1.88 bits per heavy atom. The van der Waals surface area contributed by atoms with E-state index < -0.39 is 17.2 Å². The number of benzene rings is 1. The van der Waals surface area contributed by atoms with Crippen LogP contribution < -0.4 is 5.32 Å². The van der Waals surface area contributed by atoms with Crippen molar-refractivity contribution in [2.75, 3.05) is 5.32 Å². The van der Waals surface area contributed by atoms with E-state index in [1.54, 1.807) is 0 Å². The molecule has 1 fully saturated rings. The highest BCUT2D eigenvalue weighted by atomic mass is 32.1. The van der Waals surface area contributed by atoms with Crippen LogP contribution in [-0.4, -0.2) is 5.91 Å². The summed E-state index contributed by atoms with van der Waals surface area (Å²) in [5.74, 6) is 0.322. The number of carbonyl (C=O) groups is 1. The lowest BCUT2D eigenvalue weighted by atomic mass is 9.69. The lowest BCUT2D eigenvalue weighted by Gasteiger charge is -2.36. The second-order valence-corrected chi connectivity index (χ2v) is 7.94. The van der Waals surface area contributed by atoms with Gasteiger partial charge in [0.1, 0.15) is 0 Å². The molecule has 0 spiro atoms. The second-order valence-electron chi connectivity index (χ2n) is 7.46. The van der Waals surface area contributed by atoms with Crippen LogP contribution in [0.3, 0.4) is 0 Å². The summed E-state index contributed by atoms with van der Waals surface area (Å²) >= 11 is 4.21. The summed E-state index contributed by atoms with van der Waals surface area (Å²) in [5, 5.41) is 2.74. The Kier molecular flexibility index (Phi) is 6.46. The van der Waals surface area contributed by atoms with Crippen molar-refractivity contribution >= 4 is 24.2 Å². The molecule has 140 valence electrons. The van der Waals surface area contributed by atoms with Gasteiger partial charge in [-0.25, -0.2) is 0 Å². The molecular weight excluding hydrogens is 347 g/mol. The molecule has 1 amide bonds. The molecular formula is C19H26F3NOS. The Balaban J connectivity index is 2.23. The van der Waals surface area contributed by atoms with E-state index >= 15 is 0 Å². The number of hydrogen-bond donors (Lipinski definition) is 2. The van der Waals surface area contributed by atoms with Gasteiger partial charge in [-0.05, 0) is 49.8 Å². The van der Waals surface area contributed by atoms with Gasteiger partial charge in [0.05, 0.1) is 11.3 Å². The fourth-order valence-corrected chi connectivity index (χ4v) is 3.65. The van der Waals surface area contributed by atoms with E-state index in [2.05, 4.69) is 31.8 Å². The molecule has 0 aromatic heterocycles. The number of nitrogens with one attached hydrogen (secondary N) is 1. The van der Waals surface area contributed by atoms with Crippen LogP contribution in [0, 0.1) is 11.3 Å². The number of thiol groups is 1. The smallest absolute Gasteiger partial charge is 0.325 e. The Morgan fingerprint density at radius 3 is 2.44 bits per heavy atom. The molecule has 0 saturated heterocycles. The van der Waals surface area contributed by atoms with E-state index in [1.165, 1.54) is 6.07 Å². The molecule has 0 unspecified atom stereocenters. The molecule has 1 aromatic rings. The van der Waals surface area contributed by atoms with Crippen LogP contribution in [0.1, 0.15) is 64.4 Å². The minimum Gasteiger partial charge on any atom is -0.325 e. The van der Waals surface area contributed by atoms with Crippen molar-refractivity contribution in [3.63, 3.8) is 0 Å². The Hall–Kier alpha value is -1.17. The summed E-state index contributed by atoms with van der Waals surface area (Å²) in [7, 11) is 0. The van der Waals surface area contributed by atoms with Crippen LogP contribution in [-0.2, 0) is 11.0 Å². The van der Waals surface area contributed by atoms with Gasteiger partial charge in [-0.3, -0.25) is 4.79 Å². The Labute approximate surface area is 153 Å². The van der Waals surface area contributed by atoms with Gasteiger partial charge in [-0.15, -0.1) is 12.6 Å². The molecule has 0 heterocycles. The Morgan fingerprint density at radius 1 is 1.24 bits per heavy atom. The van der Waals surface area contributed by atoms with E-state index in [4.69, 9.17) is 0 Å². The average molecular weight is 373 g/mol. The third kappa shape index (κ3) is 5.16. The van der Waals surface area contributed by atoms with Crippen LogP contribution in [0.15, 0.2) is 23.1 Å². The van der Waals surface area contributed by atoms with Crippen LogP contribution >= 0.6 is 12.6 Å². The maximum atomic E-state index is 13.0.